The molecule has 0 saturated carbocycles. The lowest BCUT2D eigenvalue weighted by atomic mass is 10.1. The Balaban J connectivity index is 1.51. The molecule has 0 spiro atoms. The zero-order chi connectivity index (χ0) is 48.0. The topological polar surface area (TPSA) is 297 Å². The second-order valence-electron chi connectivity index (χ2n) is 18.1. The van der Waals surface area contributed by atoms with Gasteiger partial charge in [-0.15, -0.1) is 5.10 Å². The molecule has 64 heavy (non-hydrogen) atoms. The molecule has 5 atom stereocenters. The average Bonchev–Trinajstić information content (AvgIpc) is 3.71. The lowest BCUT2D eigenvalue weighted by Crippen LogP contribution is -2.40. The molecule has 24 nitrogen and oxygen atoms in total. The molecular weight excluding hydrogens is 865 g/mol. The monoisotopic (exact) mass is 931 g/mol. The predicted molar refractivity (Wildman–Crippen MR) is 228 cm³/mol. The summed E-state index contributed by atoms with van der Waals surface area (Å²) < 4.78 is 47.0. The number of hydrogen-bond donors (Lipinski definition) is 5. The van der Waals surface area contributed by atoms with Crippen LogP contribution in [-0.4, -0.2) is 150 Å². The van der Waals surface area contributed by atoms with Crippen molar-refractivity contribution in [3.8, 4) is 0 Å². The number of nitrogens with one attached hydrogen (secondary N) is 3. The van der Waals surface area contributed by atoms with Crippen LogP contribution in [0.1, 0.15) is 99.9 Å². The first-order valence-electron chi connectivity index (χ1n) is 20.9. The van der Waals surface area contributed by atoms with Crippen LogP contribution in [0.4, 0.5) is 19.2 Å². The zero-order valence-corrected chi connectivity index (χ0v) is 39.3. The Morgan fingerprint density at radius 3 is 1.97 bits per heavy atom. The number of aromatic nitrogens is 5. The second-order valence-corrected chi connectivity index (χ2v) is 20.0. The van der Waals surface area contributed by atoms with E-state index in [0.717, 1.165) is 23.5 Å². The van der Waals surface area contributed by atoms with E-state index in [2.05, 4.69) is 20.9 Å². The lowest BCUT2D eigenvalue weighted by molar-refractivity contribution is -0.0565. The molecule has 0 aromatic carbocycles. The van der Waals surface area contributed by atoms with Crippen molar-refractivity contribution in [3.63, 3.8) is 0 Å². The highest BCUT2D eigenvalue weighted by atomic mass is 31.2. The van der Waals surface area contributed by atoms with Gasteiger partial charge in [0, 0.05) is 58.2 Å². The van der Waals surface area contributed by atoms with Crippen LogP contribution in [0.15, 0.2) is 28.0 Å². The van der Waals surface area contributed by atoms with E-state index in [1.807, 2.05) is 4.98 Å². The molecule has 1 aliphatic heterocycles. The van der Waals surface area contributed by atoms with E-state index in [1.165, 1.54) is 0 Å². The summed E-state index contributed by atoms with van der Waals surface area (Å²) in [5, 5.41) is 24.2. The van der Waals surface area contributed by atoms with E-state index < -0.39 is 91.2 Å². The SMILES string of the molecule is CC(C)(C)OC(=O)NCCCN(CCCCN(CCCn1cc(CNC(=O)OC[C@H]2O[C@@H](n3ccc(=O)[nH]c3=O)[C@@H](O)C2OP(C)(=O)O)nn1)C(=O)OC(C)(C)C)C(=O)OC(C)(C)C. The Labute approximate surface area is 371 Å². The first-order chi connectivity index (χ1) is 29.6. The highest BCUT2D eigenvalue weighted by Gasteiger charge is 2.48. The summed E-state index contributed by atoms with van der Waals surface area (Å²) in [6, 6.07) is 1.02. The number of ether oxygens (including phenoxy) is 5. The molecule has 0 radical (unpaired) electrons. The maximum Gasteiger partial charge on any atom is 0.410 e. The minimum Gasteiger partial charge on any atom is -0.447 e. The van der Waals surface area contributed by atoms with E-state index >= 15 is 0 Å². The number of rotatable bonds is 20. The fourth-order valence-electron chi connectivity index (χ4n) is 6.01. The summed E-state index contributed by atoms with van der Waals surface area (Å²) in [6.07, 6.45) is -3.64. The van der Waals surface area contributed by atoms with E-state index in [0.29, 0.717) is 70.6 Å². The van der Waals surface area contributed by atoms with Gasteiger partial charge in [0.2, 0.25) is 0 Å². The second kappa shape index (κ2) is 23.2. The molecule has 1 fully saturated rings. The van der Waals surface area contributed by atoms with Gasteiger partial charge in [-0.2, -0.15) is 0 Å². The van der Waals surface area contributed by atoms with Gasteiger partial charge in [-0.05, 0) is 88.0 Å². The van der Waals surface area contributed by atoms with Gasteiger partial charge in [0.1, 0.15) is 47.4 Å². The minimum absolute atomic E-state index is 0.103. The molecule has 0 aliphatic carbocycles. The first kappa shape index (κ1) is 53.3. The molecule has 5 N–H and O–H groups in total. The molecule has 2 unspecified atom stereocenters. The molecule has 1 aliphatic rings. The maximum atomic E-state index is 13.2. The van der Waals surface area contributed by atoms with Crippen molar-refractivity contribution in [3.05, 3.63) is 45.0 Å². The Kier molecular flexibility index (Phi) is 19.4. The number of hydrogen-bond acceptors (Lipinski definition) is 16. The quantitative estimate of drug-likeness (QED) is 0.0724. The van der Waals surface area contributed by atoms with Crippen molar-refractivity contribution in [2.75, 3.05) is 46.0 Å². The van der Waals surface area contributed by atoms with Crippen molar-refractivity contribution in [2.24, 2.45) is 0 Å². The number of aliphatic hydroxyl groups is 1. The molecule has 2 aromatic heterocycles. The Bertz CT molecular complexity index is 2020. The number of alkyl carbamates (subject to hydrolysis) is 2. The van der Waals surface area contributed by atoms with E-state index in [1.54, 1.807) is 83.0 Å². The van der Waals surface area contributed by atoms with Gasteiger partial charge in [0.05, 0.1) is 12.7 Å². The van der Waals surface area contributed by atoms with Gasteiger partial charge < -0.3 is 54.1 Å². The van der Waals surface area contributed by atoms with Gasteiger partial charge >= 0.3 is 37.7 Å². The van der Waals surface area contributed by atoms with Crippen LogP contribution in [-0.2, 0) is 45.9 Å². The third-order valence-corrected chi connectivity index (χ3v) is 9.26. The number of aliphatic hydroxyl groups excluding tert-OH is 1. The van der Waals surface area contributed by atoms with E-state index in [9.17, 15) is 43.3 Å². The van der Waals surface area contributed by atoms with Gasteiger partial charge in [0.25, 0.3) is 5.56 Å². The van der Waals surface area contributed by atoms with Gasteiger partial charge in [-0.1, -0.05) is 5.21 Å². The molecule has 2 aromatic rings. The summed E-state index contributed by atoms with van der Waals surface area (Å²) in [5.41, 5.74) is -3.32. The molecular formula is C39H66N9O15P. The average molecular weight is 932 g/mol. The third kappa shape index (κ3) is 19.8. The van der Waals surface area contributed by atoms with Crippen molar-refractivity contribution in [1.29, 1.82) is 0 Å². The summed E-state index contributed by atoms with van der Waals surface area (Å²) in [5.74, 6) is 0. The number of H-pyrrole nitrogens is 1. The van der Waals surface area contributed by atoms with Crippen LogP contribution < -0.4 is 21.9 Å². The van der Waals surface area contributed by atoms with Crippen LogP contribution in [0.3, 0.4) is 0 Å². The standard InChI is InChI=1S/C39H66N9O15P/c1-37(2,3)60-34(53)40-16-13-19-45(35(54)61-38(4,5)6)17-11-12-18-46(36(55)62-39(7,8)9)20-14-21-47-24-26(43-44-47)23-41-33(52)58-25-27-30(63-64(10,56)57)29(50)31(59-27)48-22-15-28(49)42-32(48)51/h15,22,24,27,29-31,50H,11-14,16-21,23,25H2,1-10H3,(H,40,53)(H,41,52)(H,56,57)(H,42,49,51)/t27-,29+,30?,31-/m1/s1. The van der Waals surface area contributed by atoms with Crippen LogP contribution in [0, 0.1) is 0 Å². The fourth-order valence-corrected chi connectivity index (χ4v) is 6.72. The van der Waals surface area contributed by atoms with Crippen molar-refractivity contribution < 1.29 is 62.0 Å². The van der Waals surface area contributed by atoms with Crippen LogP contribution in [0.2, 0.25) is 0 Å². The molecule has 0 bridgehead atoms. The molecule has 3 heterocycles. The highest BCUT2D eigenvalue weighted by molar-refractivity contribution is 7.51. The Hall–Kier alpha value is -5.03. The number of nitrogens with zero attached hydrogens (tertiary/aromatic N) is 6. The van der Waals surface area contributed by atoms with Crippen LogP contribution in [0.5, 0.6) is 0 Å². The first-order valence-corrected chi connectivity index (χ1v) is 23.0. The minimum atomic E-state index is -4.19. The lowest BCUT2D eigenvalue weighted by Gasteiger charge is -2.29. The van der Waals surface area contributed by atoms with Crippen molar-refractivity contribution in [2.45, 2.75) is 142 Å². The molecule has 4 amide bonds. The molecule has 3 rings (SSSR count). The molecule has 362 valence electrons. The van der Waals surface area contributed by atoms with Crippen LogP contribution in [0.25, 0.3) is 0 Å². The molecule has 25 heteroatoms. The number of aromatic amines is 1. The Morgan fingerprint density at radius 2 is 1.42 bits per heavy atom. The number of carbonyl (C=O) groups excluding carboxylic acids is 4. The van der Waals surface area contributed by atoms with Crippen LogP contribution >= 0.6 is 7.60 Å². The summed E-state index contributed by atoms with van der Waals surface area (Å²) in [6.45, 7) is 18.2. The van der Waals surface area contributed by atoms with Crippen molar-refractivity contribution >= 4 is 32.0 Å². The fraction of sp³-hybridized carbons (Fsp3) is 0.744. The number of unbranched alkanes of at least 4 members (excludes halogenated alkanes) is 1. The van der Waals surface area contributed by atoms with E-state index in [-0.39, 0.29) is 6.54 Å². The summed E-state index contributed by atoms with van der Waals surface area (Å²) in [4.78, 5) is 89.8. The number of aryl methyl sites for hydroxylation is 1. The normalized spacial score (nSPS) is 18.7. The molecule has 1 saturated heterocycles. The Morgan fingerprint density at radius 1 is 0.859 bits per heavy atom. The largest absolute Gasteiger partial charge is 0.447 e. The van der Waals surface area contributed by atoms with Crippen molar-refractivity contribution in [1.82, 2.24) is 45.0 Å². The third-order valence-electron chi connectivity index (χ3n) is 8.63. The van der Waals surface area contributed by atoms with Gasteiger partial charge in [-0.3, -0.25) is 28.1 Å². The smallest absolute Gasteiger partial charge is 0.410 e. The summed E-state index contributed by atoms with van der Waals surface area (Å²) >= 11 is 0. The number of amides is 4. The highest BCUT2D eigenvalue weighted by Crippen LogP contribution is 2.44. The van der Waals surface area contributed by atoms with Gasteiger partial charge in [-0.25, -0.2) is 24.0 Å². The zero-order valence-electron chi connectivity index (χ0n) is 38.4. The maximum absolute atomic E-state index is 13.2. The predicted octanol–water partition coefficient (Wildman–Crippen LogP) is 3.07. The van der Waals surface area contributed by atoms with Gasteiger partial charge in [0.15, 0.2) is 6.23 Å². The van der Waals surface area contributed by atoms with E-state index in [4.69, 9.17) is 28.2 Å². The number of carbonyl (C=O) groups is 4. The summed E-state index contributed by atoms with van der Waals surface area (Å²) in [7, 11) is -4.19.